The summed E-state index contributed by atoms with van der Waals surface area (Å²) in [4.78, 5) is 23.7. The highest BCUT2D eigenvalue weighted by Crippen LogP contribution is 2.62. The molecule has 6 heteroatoms. The van der Waals surface area contributed by atoms with E-state index in [9.17, 15) is 9.59 Å². The molecular weight excluding hydrogens is 296 g/mol. The molecule has 1 aromatic rings. The van der Waals surface area contributed by atoms with Gasteiger partial charge in [-0.25, -0.2) is 4.79 Å². The van der Waals surface area contributed by atoms with Crippen molar-refractivity contribution in [2.75, 3.05) is 14.2 Å². The maximum Gasteiger partial charge on any atom is 0.372 e. The van der Waals surface area contributed by atoms with Gasteiger partial charge in [0.2, 0.25) is 5.76 Å². The van der Waals surface area contributed by atoms with Crippen molar-refractivity contribution in [1.29, 1.82) is 0 Å². The molecule has 0 radical (unpaired) electrons. The number of esters is 2. The summed E-state index contributed by atoms with van der Waals surface area (Å²) in [5.74, 6) is -1.03. The summed E-state index contributed by atoms with van der Waals surface area (Å²) in [6.45, 7) is 0. The van der Waals surface area contributed by atoms with E-state index in [1.54, 1.807) is 30.3 Å². The van der Waals surface area contributed by atoms with E-state index >= 15 is 0 Å². The maximum absolute atomic E-state index is 12.3. The van der Waals surface area contributed by atoms with E-state index in [1.807, 2.05) is 0 Å². The SMILES string of the molecule is COC(=O)C1=C[C@@H]2[C@H](O1)[C@]2(C(=O)OC)c1ccc(Cl)cc1. The van der Waals surface area contributed by atoms with Crippen LogP contribution in [-0.4, -0.2) is 32.3 Å². The van der Waals surface area contributed by atoms with E-state index < -0.39 is 17.5 Å². The number of fused-ring (bicyclic) bond motifs is 1. The third-order valence-electron chi connectivity index (χ3n) is 4.01. The van der Waals surface area contributed by atoms with E-state index in [-0.39, 0.29) is 17.6 Å². The Hall–Kier alpha value is -2.01. The lowest BCUT2D eigenvalue weighted by molar-refractivity contribution is -0.147. The molecule has 0 aromatic heterocycles. The van der Waals surface area contributed by atoms with Gasteiger partial charge in [-0.15, -0.1) is 0 Å². The standard InChI is InChI=1S/C15H13ClO5/c1-19-13(17)11-7-10-12(21-11)15(10,14(18)20-2)8-3-5-9(16)6-4-8/h3-7,10,12H,1-2H3/t10-,12+,15+/m1/s1. The van der Waals surface area contributed by atoms with Gasteiger partial charge in [0, 0.05) is 10.9 Å². The Morgan fingerprint density at radius 1 is 1.19 bits per heavy atom. The molecule has 0 N–H and O–H groups in total. The van der Waals surface area contributed by atoms with Crippen molar-refractivity contribution in [2.24, 2.45) is 5.92 Å². The summed E-state index contributed by atoms with van der Waals surface area (Å²) in [6, 6.07) is 6.96. The van der Waals surface area contributed by atoms with Gasteiger partial charge in [-0.05, 0) is 23.8 Å². The zero-order chi connectivity index (χ0) is 15.2. The molecule has 1 aliphatic carbocycles. The molecule has 3 atom stereocenters. The Bertz CT molecular complexity index is 636. The van der Waals surface area contributed by atoms with Gasteiger partial charge in [0.05, 0.1) is 14.2 Å². The highest BCUT2D eigenvalue weighted by molar-refractivity contribution is 6.30. The minimum Gasteiger partial charge on any atom is -0.481 e. The fourth-order valence-corrected chi connectivity index (χ4v) is 3.07. The molecule has 0 bridgehead atoms. The molecule has 1 saturated carbocycles. The van der Waals surface area contributed by atoms with E-state index in [2.05, 4.69) is 4.74 Å². The molecule has 0 unspecified atom stereocenters. The highest BCUT2D eigenvalue weighted by Gasteiger charge is 2.75. The second kappa shape index (κ2) is 4.77. The van der Waals surface area contributed by atoms with Crippen molar-refractivity contribution in [1.82, 2.24) is 0 Å². The van der Waals surface area contributed by atoms with Crippen LogP contribution in [0.5, 0.6) is 0 Å². The first-order chi connectivity index (χ1) is 10.1. The smallest absolute Gasteiger partial charge is 0.372 e. The van der Waals surface area contributed by atoms with Crippen LogP contribution in [0.3, 0.4) is 0 Å². The van der Waals surface area contributed by atoms with Gasteiger partial charge in [-0.2, -0.15) is 0 Å². The topological polar surface area (TPSA) is 61.8 Å². The summed E-state index contributed by atoms with van der Waals surface area (Å²) in [7, 11) is 2.61. The largest absolute Gasteiger partial charge is 0.481 e. The van der Waals surface area contributed by atoms with Crippen LogP contribution in [0.4, 0.5) is 0 Å². The summed E-state index contributed by atoms with van der Waals surface area (Å²) < 4.78 is 15.1. The normalized spacial score (nSPS) is 29.0. The Morgan fingerprint density at radius 3 is 2.33 bits per heavy atom. The van der Waals surface area contributed by atoms with Gasteiger partial charge in [0.25, 0.3) is 0 Å². The van der Waals surface area contributed by atoms with Crippen LogP contribution in [0.1, 0.15) is 5.56 Å². The van der Waals surface area contributed by atoms with Crippen LogP contribution < -0.4 is 0 Å². The Kier molecular flexibility index (Phi) is 3.17. The van der Waals surface area contributed by atoms with Crippen molar-refractivity contribution in [2.45, 2.75) is 11.5 Å². The monoisotopic (exact) mass is 308 g/mol. The first kappa shape index (κ1) is 13.9. The average Bonchev–Trinajstić information content (AvgIpc) is 2.91. The minimum atomic E-state index is -0.906. The van der Waals surface area contributed by atoms with E-state index in [0.717, 1.165) is 5.56 Å². The molecule has 0 spiro atoms. The molecule has 110 valence electrons. The van der Waals surface area contributed by atoms with Gasteiger partial charge < -0.3 is 14.2 Å². The molecule has 1 aliphatic heterocycles. The van der Waals surface area contributed by atoms with Crippen LogP contribution in [0.25, 0.3) is 0 Å². The molecule has 1 aromatic carbocycles. The van der Waals surface area contributed by atoms with Gasteiger partial charge >= 0.3 is 11.9 Å². The van der Waals surface area contributed by atoms with Crippen LogP contribution in [0.15, 0.2) is 36.1 Å². The summed E-state index contributed by atoms with van der Waals surface area (Å²) in [5.41, 5.74) is -0.148. The first-order valence-corrected chi connectivity index (χ1v) is 6.74. The third kappa shape index (κ3) is 1.84. The van der Waals surface area contributed by atoms with Crippen LogP contribution in [0.2, 0.25) is 5.02 Å². The molecule has 1 heterocycles. The average molecular weight is 309 g/mol. The molecular formula is C15H13ClO5. The number of hydrogen-bond donors (Lipinski definition) is 0. The third-order valence-corrected chi connectivity index (χ3v) is 4.26. The number of rotatable bonds is 3. The first-order valence-electron chi connectivity index (χ1n) is 6.37. The number of methoxy groups -OCH3 is 2. The van der Waals surface area contributed by atoms with Gasteiger partial charge in [0.1, 0.15) is 11.5 Å². The maximum atomic E-state index is 12.3. The molecule has 21 heavy (non-hydrogen) atoms. The fourth-order valence-electron chi connectivity index (χ4n) is 2.94. The predicted molar refractivity (Wildman–Crippen MR) is 73.6 cm³/mol. The van der Waals surface area contributed by atoms with Crippen LogP contribution in [-0.2, 0) is 29.2 Å². The van der Waals surface area contributed by atoms with E-state index in [1.165, 1.54) is 14.2 Å². The number of carbonyl (C=O) groups excluding carboxylic acids is 2. The van der Waals surface area contributed by atoms with Crippen LogP contribution >= 0.6 is 11.6 Å². The quantitative estimate of drug-likeness (QED) is 0.797. The van der Waals surface area contributed by atoms with Crippen molar-refractivity contribution < 1.29 is 23.8 Å². The Morgan fingerprint density at radius 2 is 1.86 bits per heavy atom. The van der Waals surface area contributed by atoms with E-state index in [0.29, 0.717) is 5.02 Å². The number of carbonyl (C=O) groups is 2. The summed E-state index contributed by atoms with van der Waals surface area (Å²) in [6.07, 6.45) is 1.18. The van der Waals surface area contributed by atoms with Crippen LogP contribution in [0, 0.1) is 5.92 Å². The second-order valence-corrected chi connectivity index (χ2v) is 5.39. The lowest BCUT2D eigenvalue weighted by Crippen LogP contribution is -2.30. The van der Waals surface area contributed by atoms with Gasteiger partial charge in [0.15, 0.2) is 0 Å². The van der Waals surface area contributed by atoms with Crippen molar-refractivity contribution in [3.63, 3.8) is 0 Å². The zero-order valence-corrected chi connectivity index (χ0v) is 12.2. The lowest BCUT2D eigenvalue weighted by Gasteiger charge is -2.18. The number of ether oxygens (including phenoxy) is 3. The molecule has 1 fully saturated rings. The molecule has 5 nitrogen and oxygen atoms in total. The van der Waals surface area contributed by atoms with Crippen molar-refractivity contribution in [3.8, 4) is 0 Å². The number of benzene rings is 1. The lowest BCUT2D eigenvalue weighted by atomic mass is 9.92. The second-order valence-electron chi connectivity index (χ2n) is 4.95. The Labute approximate surface area is 126 Å². The minimum absolute atomic E-state index is 0.140. The number of hydrogen-bond acceptors (Lipinski definition) is 5. The molecule has 2 aliphatic rings. The number of halogens is 1. The Balaban J connectivity index is 1.97. The molecule has 0 amide bonds. The summed E-state index contributed by atoms with van der Waals surface area (Å²) in [5, 5.41) is 0.580. The fraction of sp³-hybridized carbons (Fsp3) is 0.333. The highest BCUT2D eigenvalue weighted by atomic mass is 35.5. The zero-order valence-electron chi connectivity index (χ0n) is 11.5. The van der Waals surface area contributed by atoms with Gasteiger partial charge in [-0.1, -0.05) is 23.7 Å². The molecule has 3 rings (SSSR count). The van der Waals surface area contributed by atoms with Crippen molar-refractivity contribution in [3.05, 3.63) is 46.7 Å². The predicted octanol–water partition coefficient (Wildman–Crippen LogP) is 1.84. The summed E-state index contributed by atoms with van der Waals surface area (Å²) >= 11 is 5.88. The van der Waals surface area contributed by atoms with Crippen molar-refractivity contribution >= 4 is 23.5 Å². The van der Waals surface area contributed by atoms with E-state index in [4.69, 9.17) is 21.1 Å². The molecule has 0 saturated heterocycles. The van der Waals surface area contributed by atoms with Gasteiger partial charge in [-0.3, -0.25) is 4.79 Å².